The van der Waals surface area contributed by atoms with Gasteiger partial charge in [-0.2, -0.15) is 0 Å². The predicted molar refractivity (Wildman–Crippen MR) is 98.1 cm³/mol. The molecule has 1 aliphatic heterocycles. The number of carbonyl (C=O) groups excluding carboxylic acids is 1. The maximum absolute atomic E-state index is 13.1. The second kappa shape index (κ2) is 7.11. The van der Waals surface area contributed by atoms with Gasteiger partial charge in [-0.1, -0.05) is 17.3 Å². The van der Waals surface area contributed by atoms with Gasteiger partial charge in [0.15, 0.2) is 11.5 Å². The van der Waals surface area contributed by atoms with Gasteiger partial charge in [0, 0.05) is 43.5 Å². The Kier molecular flexibility index (Phi) is 4.50. The number of carbonyl (C=O) groups is 1. The third kappa shape index (κ3) is 3.62. The monoisotopic (exact) mass is 367 g/mol. The van der Waals surface area contributed by atoms with Gasteiger partial charge in [-0.05, 0) is 36.4 Å². The van der Waals surface area contributed by atoms with Gasteiger partial charge in [0.2, 0.25) is 0 Å². The SMILES string of the molecule is O=C(c1cc(-c2cccc(O)c2)on1)N1CCN(c2ccc(F)cc2)CC1. The van der Waals surface area contributed by atoms with Crippen LogP contribution >= 0.6 is 0 Å². The summed E-state index contributed by atoms with van der Waals surface area (Å²) in [7, 11) is 0. The van der Waals surface area contributed by atoms with E-state index < -0.39 is 0 Å². The quantitative estimate of drug-likeness (QED) is 0.770. The highest BCUT2D eigenvalue weighted by Crippen LogP contribution is 2.24. The van der Waals surface area contributed by atoms with E-state index >= 15 is 0 Å². The van der Waals surface area contributed by atoms with Crippen molar-refractivity contribution in [1.82, 2.24) is 10.1 Å². The van der Waals surface area contributed by atoms with E-state index in [9.17, 15) is 14.3 Å². The number of aromatic hydroxyl groups is 1. The fraction of sp³-hybridized carbons (Fsp3) is 0.200. The van der Waals surface area contributed by atoms with Crippen molar-refractivity contribution in [1.29, 1.82) is 0 Å². The molecule has 7 heteroatoms. The van der Waals surface area contributed by atoms with Crippen LogP contribution in [0.25, 0.3) is 11.3 Å². The molecule has 1 aliphatic rings. The molecular formula is C20H18FN3O3. The summed E-state index contributed by atoms with van der Waals surface area (Å²) in [5.74, 6) is 0.0953. The Morgan fingerprint density at radius 3 is 2.48 bits per heavy atom. The van der Waals surface area contributed by atoms with Gasteiger partial charge >= 0.3 is 0 Å². The number of hydrogen-bond acceptors (Lipinski definition) is 5. The van der Waals surface area contributed by atoms with E-state index in [0.717, 1.165) is 5.69 Å². The number of piperazine rings is 1. The van der Waals surface area contributed by atoms with Crippen LogP contribution in [0.4, 0.5) is 10.1 Å². The van der Waals surface area contributed by atoms with Crippen LogP contribution in [0.15, 0.2) is 59.1 Å². The normalized spacial score (nSPS) is 14.4. The molecule has 1 saturated heterocycles. The van der Waals surface area contributed by atoms with Gasteiger partial charge in [0.25, 0.3) is 5.91 Å². The molecule has 0 radical (unpaired) electrons. The minimum absolute atomic E-state index is 0.119. The van der Waals surface area contributed by atoms with Gasteiger partial charge in [0.05, 0.1) is 0 Å². The smallest absolute Gasteiger partial charge is 0.276 e. The number of amides is 1. The summed E-state index contributed by atoms with van der Waals surface area (Å²) < 4.78 is 18.3. The Hall–Kier alpha value is -3.35. The molecule has 4 rings (SSSR count). The molecule has 3 aromatic rings. The molecule has 0 bridgehead atoms. The van der Waals surface area contributed by atoms with Crippen molar-refractivity contribution in [3.63, 3.8) is 0 Å². The topological polar surface area (TPSA) is 69.8 Å². The fourth-order valence-electron chi connectivity index (χ4n) is 3.15. The molecule has 1 amide bonds. The van der Waals surface area contributed by atoms with Gasteiger partial charge in [-0.3, -0.25) is 4.79 Å². The van der Waals surface area contributed by atoms with Crippen LogP contribution < -0.4 is 4.90 Å². The Balaban J connectivity index is 1.42. The summed E-state index contributed by atoms with van der Waals surface area (Å²) in [5.41, 5.74) is 1.84. The molecule has 2 heterocycles. The molecule has 0 aliphatic carbocycles. The average Bonchev–Trinajstić information content (AvgIpc) is 3.18. The molecule has 6 nitrogen and oxygen atoms in total. The molecule has 1 fully saturated rings. The Labute approximate surface area is 155 Å². The molecule has 0 atom stereocenters. The first-order valence-electron chi connectivity index (χ1n) is 8.66. The van der Waals surface area contributed by atoms with E-state index in [2.05, 4.69) is 10.1 Å². The fourth-order valence-corrected chi connectivity index (χ4v) is 3.15. The first kappa shape index (κ1) is 17.1. The maximum atomic E-state index is 13.1. The number of halogens is 1. The molecule has 1 aromatic heterocycles. The van der Waals surface area contributed by atoms with E-state index in [-0.39, 0.29) is 23.2 Å². The largest absolute Gasteiger partial charge is 0.508 e. The zero-order valence-electron chi connectivity index (χ0n) is 14.5. The molecule has 1 N–H and O–H groups in total. The van der Waals surface area contributed by atoms with Crippen molar-refractivity contribution in [2.24, 2.45) is 0 Å². The number of nitrogens with zero attached hydrogens (tertiary/aromatic N) is 3. The molecule has 27 heavy (non-hydrogen) atoms. The number of rotatable bonds is 3. The zero-order valence-corrected chi connectivity index (χ0v) is 14.5. The van der Waals surface area contributed by atoms with Crippen molar-refractivity contribution in [2.75, 3.05) is 31.1 Å². The molecular weight excluding hydrogens is 349 g/mol. The Bertz CT molecular complexity index is 947. The van der Waals surface area contributed by atoms with Crippen LogP contribution in [0, 0.1) is 5.82 Å². The summed E-state index contributed by atoms with van der Waals surface area (Å²) in [6.45, 7) is 2.42. The second-order valence-electron chi connectivity index (χ2n) is 6.38. The van der Waals surface area contributed by atoms with Gasteiger partial charge in [0.1, 0.15) is 11.6 Å². The number of hydrogen-bond donors (Lipinski definition) is 1. The number of phenolic OH excluding ortho intramolecular Hbond substituents is 1. The minimum Gasteiger partial charge on any atom is -0.508 e. The van der Waals surface area contributed by atoms with Gasteiger partial charge in [-0.15, -0.1) is 0 Å². The van der Waals surface area contributed by atoms with Crippen molar-refractivity contribution in [3.05, 3.63) is 66.1 Å². The molecule has 0 saturated carbocycles. The van der Waals surface area contributed by atoms with Gasteiger partial charge in [-0.25, -0.2) is 4.39 Å². The summed E-state index contributed by atoms with van der Waals surface area (Å²) >= 11 is 0. The predicted octanol–water partition coefficient (Wildman–Crippen LogP) is 3.15. The van der Waals surface area contributed by atoms with E-state index in [1.54, 1.807) is 47.4 Å². The Morgan fingerprint density at radius 1 is 1.04 bits per heavy atom. The standard InChI is InChI=1S/C20H18FN3O3/c21-15-4-6-16(7-5-15)23-8-10-24(11-9-23)20(26)18-13-19(27-22-18)14-2-1-3-17(25)12-14/h1-7,12-13,25H,8-11H2. The number of aromatic nitrogens is 1. The summed E-state index contributed by atoms with van der Waals surface area (Å²) in [4.78, 5) is 16.5. The average molecular weight is 367 g/mol. The van der Waals surface area contributed by atoms with Crippen LogP contribution in [0.3, 0.4) is 0 Å². The van der Waals surface area contributed by atoms with Crippen LogP contribution in [0.2, 0.25) is 0 Å². The summed E-state index contributed by atoms with van der Waals surface area (Å²) in [6.07, 6.45) is 0. The van der Waals surface area contributed by atoms with Crippen molar-refractivity contribution in [3.8, 4) is 17.1 Å². The van der Waals surface area contributed by atoms with Crippen LogP contribution in [0.5, 0.6) is 5.75 Å². The minimum atomic E-state index is -0.263. The highest BCUT2D eigenvalue weighted by atomic mass is 19.1. The lowest BCUT2D eigenvalue weighted by atomic mass is 10.1. The van der Waals surface area contributed by atoms with Crippen molar-refractivity contribution < 1.29 is 18.8 Å². The lowest BCUT2D eigenvalue weighted by molar-refractivity contribution is 0.0736. The maximum Gasteiger partial charge on any atom is 0.276 e. The number of benzene rings is 2. The van der Waals surface area contributed by atoms with Crippen LogP contribution in [0.1, 0.15) is 10.5 Å². The number of anilines is 1. The summed E-state index contributed by atoms with van der Waals surface area (Å²) in [5, 5.41) is 13.4. The highest BCUT2D eigenvalue weighted by molar-refractivity contribution is 5.93. The summed E-state index contributed by atoms with van der Waals surface area (Å²) in [6, 6.07) is 14.5. The molecule has 0 unspecified atom stereocenters. The van der Waals surface area contributed by atoms with E-state index in [4.69, 9.17) is 4.52 Å². The zero-order chi connectivity index (χ0) is 18.8. The lowest BCUT2D eigenvalue weighted by Crippen LogP contribution is -2.48. The molecule has 2 aromatic carbocycles. The number of phenols is 1. The third-order valence-corrected chi connectivity index (χ3v) is 4.62. The highest BCUT2D eigenvalue weighted by Gasteiger charge is 2.25. The van der Waals surface area contributed by atoms with Crippen molar-refractivity contribution in [2.45, 2.75) is 0 Å². The second-order valence-corrected chi connectivity index (χ2v) is 6.38. The van der Waals surface area contributed by atoms with Crippen LogP contribution in [-0.2, 0) is 0 Å². The molecule has 0 spiro atoms. The first-order valence-corrected chi connectivity index (χ1v) is 8.66. The van der Waals surface area contributed by atoms with Crippen molar-refractivity contribution >= 4 is 11.6 Å². The first-order chi connectivity index (χ1) is 13.1. The van der Waals surface area contributed by atoms with E-state index in [0.29, 0.717) is 37.5 Å². The van der Waals surface area contributed by atoms with E-state index in [1.807, 2.05) is 0 Å². The van der Waals surface area contributed by atoms with E-state index in [1.165, 1.54) is 12.1 Å². The van der Waals surface area contributed by atoms with Crippen LogP contribution in [-0.4, -0.2) is 47.2 Å². The van der Waals surface area contributed by atoms with Gasteiger partial charge < -0.3 is 19.4 Å². The Morgan fingerprint density at radius 2 is 1.78 bits per heavy atom. The lowest BCUT2D eigenvalue weighted by Gasteiger charge is -2.35. The molecule has 138 valence electrons. The third-order valence-electron chi connectivity index (χ3n) is 4.62.